The Labute approximate surface area is 77.1 Å². The van der Waals surface area contributed by atoms with Gasteiger partial charge in [0.1, 0.15) is 0 Å². The number of hydrogen-bond acceptors (Lipinski definition) is 0. The van der Waals surface area contributed by atoms with Crippen LogP contribution in [-0.4, -0.2) is 0 Å². The minimum Gasteiger partial charge on any atom is -0.0996 e. The van der Waals surface area contributed by atoms with Crippen LogP contribution in [0.15, 0.2) is 12.2 Å². The molecule has 0 aromatic heterocycles. The molecule has 0 heterocycles. The van der Waals surface area contributed by atoms with Crippen molar-refractivity contribution in [3.63, 3.8) is 0 Å². The molecule has 0 aliphatic heterocycles. The first-order chi connectivity index (χ1) is 5.66. The maximum atomic E-state index is 4.19. The van der Waals surface area contributed by atoms with E-state index < -0.39 is 0 Å². The second kappa shape index (κ2) is 4.11. The van der Waals surface area contributed by atoms with Gasteiger partial charge in [-0.05, 0) is 30.6 Å². The lowest BCUT2D eigenvalue weighted by atomic mass is 9.88. The molecule has 0 saturated heterocycles. The molecule has 1 aliphatic rings. The Morgan fingerprint density at radius 2 is 2.08 bits per heavy atom. The second-order valence-corrected chi connectivity index (χ2v) is 4.45. The van der Waals surface area contributed by atoms with Crippen molar-refractivity contribution in [3.05, 3.63) is 12.2 Å². The van der Waals surface area contributed by atoms with Gasteiger partial charge in [0.25, 0.3) is 0 Å². The first-order valence-corrected chi connectivity index (χ1v) is 5.34. The highest BCUT2D eigenvalue weighted by molar-refractivity contribution is 5.10. The summed E-state index contributed by atoms with van der Waals surface area (Å²) in [6, 6.07) is 0. The summed E-state index contributed by atoms with van der Waals surface area (Å²) in [5.74, 6) is 2.59. The quantitative estimate of drug-likeness (QED) is 0.555. The van der Waals surface area contributed by atoms with Crippen LogP contribution in [0.3, 0.4) is 0 Å². The van der Waals surface area contributed by atoms with Crippen molar-refractivity contribution in [2.75, 3.05) is 0 Å². The van der Waals surface area contributed by atoms with Crippen LogP contribution in [0.4, 0.5) is 0 Å². The van der Waals surface area contributed by atoms with E-state index in [0.717, 1.165) is 17.8 Å². The van der Waals surface area contributed by atoms with Gasteiger partial charge in [0.05, 0.1) is 0 Å². The molecule has 12 heavy (non-hydrogen) atoms. The van der Waals surface area contributed by atoms with Crippen molar-refractivity contribution in [2.24, 2.45) is 17.8 Å². The molecule has 0 heteroatoms. The molecule has 0 aromatic rings. The van der Waals surface area contributed by atoms with Crippen molar-refractivity contribution in [3.8, 4) is 0 Å². The van der Waals surface area contributed by atoms with Crippen LogP contribution in [0.5, 0.6) is 0 Å². The van der Waals surface area contributed by atoms with E-state index >= 15 is 0 Å². The predicted octanol–water partition coefficient (Wildman–Crippen LogP) is 4.02. The summed E-state index contributed by atoms with van der Waals surface area (Å²) in [6.45, 7) is 11.2. The van der Waals surface area contributed by atoms with E-state index in [9.17, 15) is 0 Å². The van der Waals surface area contributed by atoms with Gasteiger partial charge in [-0.3, -0.25) is 0 Å². The second-order valence-electron chi connectivity index (χ2n) is 4.45. The first kappa shape index (κ1) is 9.83. The molecule has 1 aliphatic carbocycles. The van der Waals surface area contributed by atoms with Crippen LogP contribution >= 0.6 is 0 Å². The van der Waals surface area contributed by atoms with Crippen molar-refractivity contribution in [1.29, 1.82) is 0 Å². The fourth-order valence-corrected chi connectivity index (χ4v) is 2.41. The average Bonchev–Trinajstić information content (AvgIpc) is 2.25. The van der Waals surface area contributed by atoms with Gasteiger partial charge in [-0.1, -0.05) is 45.8 Å². The molecular formula is C12H22. The van der Waals surface area contributed by atoms with Gasteiger partial charge in [0.2, 0.25) is 0 Å². The van der Waals surface area contributed by atoms with Crippen LogP contribution in [-0.2, 0) is 0 Å². The Hall–Kier alpha value is -0.260. The topological polar surface area (TPSA) is 0 Å². The number of rotatable bonds is 3. The molecule has 1 saturated carbocycles. The minimum atomic E-state index is 0.833. The highest BCUT2D eigenvalue weighted by Gasteiger charge is 2.31. The molecule has 1 fully saturated rings. The summed E-state index contributed by atoms with van der Waals surface area (Å²) in [5.41, 5.74) is 1.52. The van der Waals surface area contributed by atoms with E-state index in [0.29, 0.717) is 0 Å². The van der Waals surface area contributed by atoms with Gasteiger partial charge in [-0.2, -0.15) is 0 Å². The van der Waals surface area contributed by atoms with Gasteiger partial charge in [-0.15, -0.1) is 0 Å². The summed E-state index contributed by atoms with van der Waals surface area (Å²) >= 11 is 0. The van der Waals surface area contributed by atoms with E-state index in [1.807, 2.05) is 0 Å². The minimum absolute atomic E-state index is 0.833. The zero-order valence-electron chi connectivity index (χ0n) is 8.77. The number of hydrogen-bond donors (Lipinski definition) is 0. The third kappa shape index (κ3) is 1.91. The largest absolute Gasteiger partial charge is 0.0996 e. The van der Waals surface area contributed by atoms with Crippen LogP contribution < -0.4 is 0 Å². The van der Waals surface area contributed by atoms with Crippen molar-refractivity contribution in [2.45, 2.75) is 46.5 Å². The molecule has 0 bridgehead atoms. The van der Waals surface area contributed by atoms with Crippen LogP contribution in [0.1, 0.15) is 46.5 Å². The highest BCUT2D eigenvalue weighted by atomic mass is 14.4. The standard InChI is InChI=1S/C12H22/c1-5-6-7-12-10(3)8-9(2)11(12)4/h9,11-12H,3,5-8H2,1-2,4H3. The first-order valence-electron chi connectivity index (χ1n) is 5.34. The molecule has 70 valence electrons. The lowest BCUT2D eigenvalue weighted by Crippen LogP contribution is -2.09. The van der Waals surface area contributed by atoms with Gasteiger partial charge in [-0.25, -0.2) is 0 Å². The molecule has 0 nitrogen and oxygen atoms in total. The van der Waals surface area contributed by atoms with Crippen molar-refractivity contribution in [1.82, 2.24) is 0 Å². The van der Waals surface area contributed by atoms with E-state index in [2.05, 4.69) is 27.4 Å². The average molecular weight is 166 g/mol. The van der Waals surface area contributed by atoms with Gasteiger partial charge in [0, 0.05) is 0 Å². The smallest absolute Gasteiger partial charge is 0.0177 e. The maximum Gasteiger partial charge on any atom is -0.0177 e. The molecule has 3 unspecified atom stereocenters. The molecule has 0 aromatic carbocycles. The van der Waals surface area contributed by atoms with Crippen LogP contribution in [0.2, 0.25) is 0 Å². The molecule has 0 radical (unpaired) electrons. The summed E-state index contributed by atoms with van der Waals surface area (Å²) in [7, 11) is 0. The Morgan fingerprint density at radius 1 is 1.42 bits per heavy atom. The normalized spacial score (nSPS) is 35.9. The van der Waals surface area contributed by atoms with E-state index in [1.54, 1.807) is 0 Å². The van der Waals surface area contributed by atoms with E-state index in [1.165, 1.54) is 31.3 Å². The predicted molar refractivity (Wildman–Crippen MR) is 55.1 cm³/mol. The summed E-state index contributed by atoms with van der Waals surface area (Å²) in [4.78, 5) is 0. The Morgan fingerprint density at radius 3 is 2.50 bits per heavy atom. The fraction of sp³-hybridized carbons (Fsp3) is 0.833. The van der Waals surface area contributed by atoms with E-state index in [-0.39, 0.29) is 0 Å². The van der Waals surface area contributed by atoms with Gasteiger partial charge in [0.15, 0.2) is 0 Å². The third-order valence-electron chi connectivity index (χ3n) is 3.51. The highest BCUT2D eigenvalue weighted by Crippen LogP contribution is 2.42. The SMILES string of the molecule is C=C1CC(C)C(C)C1CCCC. The third-order valence-corrected chi connectivity index (χ3v) is 3.51. The van der Waals surface area contributed by atoms with Gasteiger partial charge < -0.3 is 0 Å². The molecule has 1 rings (SSSR count). The monoisotopic (exact) mass is 166 g/mol. The van der Waals surface area contributed by atoms with Crippen LogP contribution in [0, 0.1) is 17.8 Å². The van der Waals surface area contributed by atoms with E-state index in [4.69, 9.17) is 0 Å². The van der Waals surface area contributed by atoms with Gasteiger partial charge >= 0.3 is 0 Å². The Balaban J connectivity index is 2.46. The lowest BCUT2D eigenvalue weighted by molar-refractivity contribution is 0.349. The number of unbranched alkanes of at least 4 members (excludes halogenated alkanes) is 1. The Bertz CT molecular complexity index is 157. The summed E-state index contributed by atoms with van der Waals surface area (Å²) in [5, 5.41) is 0. The maximum absolute atomic E-state index is 4.19. The molecule has 0 amide bonds. The summed E-state index contributed by atoms with van der Waals surface area (Å²) < 4.78 is 0. The van der Waals surface area contributed by atoms with Crippen molar-refractivity contribution < 1.29 is 0 Å². The molecular weight excluding hydrogens is 144 g/mol. The zero-order chi connectivity index (χ0) is 9.14. The molecule has 0 N–H and O–H groups in total. The Kier molecular flexibility index (Phi) is 3.37. The lowest BCUT2D eigenvalue weighted by Gasteiger charge is -2.17. The van der Waals surface area contributed by atoms with Crippen molar-refractivity contribution >= 4 is 0 Å². The summed E-state index contributed by atoms with van der Waals surface area (Å²) in [6.07, 6.45) is 5.35. The fourth-order valence-electron chi connectivity index (χ4n) is 2.41. The van der Waals surface area contributed by atoms with Crippen LogP contribution in [0.25, 0.3) is 0 Å². The molecule has 3 atom stereocenters. The number of allylic oxidation sites excluding steroid dienone is 1. The molecule has 0 spiro atoms. The zero-order valence-corrected chi connectivity index (χ0v) is 8.77.